The molecule has 19 heavy (non-hydrogen) atoms. The van der Waals surface area contributed by atoms with E-state index in [1.54, 1.807) is 0 Å². The van der Waals surface area contributed by atoms with E-state index in [4.69, 9.17) is 18.0 Å². The zero-order chi connectivity index (χ0) is 13.8. The van der Waals surface area contributed by atoms with Crippen molar-refractivity contribution in [1.82, 2.24) is 4.90 Å². The summed E-state index contributed by atoms with van der Waals surface area (Å²) < 4.78 is 1.07. The summed E-state index contributed by atoms with van der Waals surface area (Å²) in [6.07, 6.45) is 1.23. The molecule has 0 bridgehead atoms. The lowest BCUT2D eigenvalue weighted by Gasteiger charge is -2.36. The topological polar surface area (TPSA) is 32.5 Å². The van der Waals surface area contributed by atoms with Crippen LogP contribution in [-0.2, 0) is 0 Å². The van der Waals surface area contributed by atoms with Gasteiger partial charge in [-0.25, -0.2) is 0 Å². The summed E-state index contributed by atoms with van der Waals surface area (Å²) in [6, 6.07) is 6.12. The highest BCUT2D eigenvalue weighted by atomic mass is 79.9. The maximum Gasteiger partial charge on any atom is 0.104 e. The maximum atomic E-state index is 5.65. The summed E-state index contributed by atoms with van der Waals surface area (Å²) in [4.78, 5) is 5.38. The molecule has 1 aromatic carbocycles. The lowest BCUT2D eigenvalue weighted by atomic mass is 10.1. The molecule has 5 heteroatoms. The average molecular weight is 342 g/mol. The largest absolute Gasteiger partial charge is 0.389 e. The molecule has 1 heterocycles. The normalized spacial score (nSPS) is 16.6. The number of nitrogens with zero attached hydrogens (tertiary/aromatic N) is 2. The Balaban J connectivity index is 2.05. The molecule has 0 saturated carbocycles. The first-order chi connectivity index (χ1) is 9.11. The van der Waals surface area contributed by atoms with Crippen molar-refractivity contribution in [2.75, 3.05) is 37.6 Å². The molecule has 0 aromatic heterocycles. The van der Waals surface area contributed by atoms with Crippen LogP contribution in [0.4, 0.5) is 5.69 Å². The van der Waals surface area contributed by atoms with Gasteiger partial charge in [-0.15, -0.1) is 0 Å². The summed E-state index contributed by atoms with van der Waals surface area (Å²) in [5.41, 5.74) is 7.80. The molecule has 1 saturated heterocycles. The van der Waals surface area contributed by atoms with Gasteiger partial charge < -0.3 is 10.6 Å². The van der Waals surface area contributed by atoms with Crippen LogP contribution in [0.25, 0.3) is 0 Å². The van der Waals surface area contributed by atoms with Crippen LogP contribution in [0.1, 0.15) is 18.9 Å². The molecular weight excluding hydrogens is 322 g/mol. The number of anilines is 1. The highest BCUT2D eigenvalue weighted by Crippen LogP contribution is 2.28. The Kier molecular flexibility index (Phi) is 5.19. The Morgan fingerprint density at radius 1 is 1.32 bits per heavy atom. The molecule has 0 spiro atoms. The van der Waals surface area contributed by atoms with Gasteiger partial charge >= 0.3 is 0 Å². The van der Waals surface area contributed by atoms with Crippen LogP contribution in [0.3, 0.4) is 0 Å². The van der Waals surface area contributed by atoms with E-state index in [-0.39, 0.29) is 0 Å². The number of hydrogen-bond acceptors (Lipinski definition) is 3. The van der Waals surface area contributed by atoms with Gasteiger partial charge in [0, 0.05) is 36.2 Å². The molecule has 1 aliphatic rings. The summed E-state index contributed by atoms with van der Waals surface area (Å²) in [7, 11) is 0. The molecule has 0 amide bonds. The van der Waals surface area contributed by atoms with Gasteiger partial charge in [-0.05, 0) is 47.1 Å². The van der Waals surface area contributed by atoms with Crippen LogP contribution < -0.4 is 10.6 Å². The second kappa shape index (κ2) is 6.68. The van der Waals surface area contributed by atoms with Gasteiger partial charge in [-0.1, -0.05) is 19.1 Å². The highest BCUT2D eigenvalue weighted by Gasteiger charge is 2.18. The number of piperazine rings is 1. The molecule has 1 aliphatic heterocycles. The SMILES string of the molecule is CCCN1CCN(c2ccc(C(N)=S)cc2Br)CC1. The highest BCUT2D eigenvalue weighted by molar-refractivity contribution is 9.10. The minimum Gasteiger partial charge on any atom is -0.389 e. The molecular formula is C14H20BrN3S. The van der Waals surface area contributed by atoms with Crippen LogP contribution >= 0.6 is 28.1 Å². The maximum absolute atomic E-state index is 5.65. The fraction of sp³-hybridized carbons (Fsp3) is 0.500. The van der Waals surface area contributed by atoms with Crippen molar-refractivity contribution in [2.45, 2.75) is 13.3 Å². The predicted octanol–water partition coefficient (Wildman–Crippen LogP) is 2.62. The molecule has 1 fully saturated rings. The smallest absolute Gasteiger partial charge is 0.104 e. The third-order valence-corrected chi connectivity index (χ3v) is 4.36. The van der Waals surface area contributed by atoms with Crippen molar-refractivity contribution in [1.29, 1.82) is 0 Å². The zero-order valence-corrected chi connectivity index (χ0v) is 13.6. The van der Waals surface area contributed by atoms with Crippen LogP contribution in [0, 0.1) is 0 Å². The quantitative estimate of drug-likeness (QED) is 0.853. The van der Waals surface area contributed by atoms with Gasteiger partial charge in [0.2, 0.25) is 0 Å². The molecule has 2 rings (SSSR count). The van der Waals surface area contributed by atoms with Crippen molar-refractivity contribution in [3.05, 3.63) is 28.2 Å². The van der Waals surface area contributed by atoms with Crippen molar-refractivity contribution >= 4 is 38.8 Å². The van der Waals surface area contributed by atoms with E-state index in [1.165, 1.54) is 18.7 Å². The van der Waals surface area contributed by atoms with Crippen molar-refractivity contribution < 1.29 is 0 Å². The van der Waals surface area contributed by atoms with Gasteiger partial charge in [-0.3, -0.25) is 4.90 Å². The van der Waals surface area contributed by atoms with E-state index in [0.717, 1.165) is 36.2 Å². The van der Waals surface area contributed by atoms with Gasteiger partial charge in [-0.2, -0.15) is 0 Å². The molecule has 0 unspecified atom stereocenters. The summed E-state index contributed by atoms with van der Waals surface area (Å²) in [6.45, 7) is 7.86. The minimum absolute atomic E-state index is 0.444. The van der Waals surface area contributed by atoms with Gasteiger partial charge in [0.05, 0.1) is 5.69 Å². The Morgan fingerprint density at radius 3 is 2.53 bits per heavy atom. The monoisotopic (exact) mass is 341 g/mol. The van der Waals surface area contributed by atoms with Crippen molar-refractivity contribution in [3.63, 3.8) is 0 Å². The summed E-state index contributed by atoms with van der Waals surface area (Å²) >= 11 is 8.63. The summed E-state index contributed by atoms with van der Waals surface area (Å²) in [5.74, 6) is 0. The number of hydrogen-bond donors (Lipinski definition) is 1. The number of rotatable bonds is 4. The Morgan fingerprint density at radius 2 is 2.00 bits per heavy atom. The van der Waals surface area contributed by atoms with E-state index >= 15 is 0 Å². The first-order valence-electron chi connectivity index (χ1n) is 6.68. The fourth-order valence-electron chi connectivity index (χ4n) is 2.45. The Labute approximate surface area is 128 Å². The standard InChI is InChI=1S/C14H20BrN3S/c1-2-5-17-6-8-18(9-7-17)13-4-3-11(14(16)19)10-12(13)15/h3-4,10H,2,5-9H2,1H3,(H2,16,19). The molecule has 104 valence electrons. The number of thiocarbonyl (C=S) groups is 1. The zero-order valence-electron chi connectivity index (χ0n) is 11.2. The first-order valence-corrected chi connectivity index (χ1v) is 7.88. The van der Waals surface area contributed by atoms with E-state index in [2.05, 4.69) is 38.7 Å². The molecule has 0 atom stereocenters. The van der Waals surface area contributed by atoms with Crippen LogP contribution in [0.15, 0.2) is 22.7 Å². The Hall–Kier alpha value is -0.650. The number of benzene rings is 1. The van der Waals surface area contributed by atoms with Crippen molar-refractivity contribution in [2.24, 2.45) is 5.73 Å². The van der Waals surface area contributed by atoms with E-state index in [0.29, 0.717) is 4.99 Å². The second-order valence-electron chi connectivity index (χ2n) is 4.86. The van der Waals surface area contributed by atoms with Crippen molar-refractivity contribution in [3.8, 4) is 0 Å². The van der Waals surface area contributed by atoms with Crippen LogP contribution in [-0.4, -0.2) is 42.6 Å². The molecule has 1 aromatic rings. The molecule has 3 nitrogen and oxygen atoms in total. The van der Waals surface area contributed by atoms with E-state index in [9.17, 15) is 0 Å². The lowest BCUT2D eigenvalue weighted by Crippen LogP contribution is -2.46. The number of halogens is 1. The second-order valence-corrected chi connectivity index (χ2v) is 6.15. The minimum atomic E-state index is 0.444. The fourth-order valence-corrected chi connectivity index (χ4v) is 3.20. The third-order valence-electron chi connectivity index (χ3n) is 3.49. The summed E-state index contributed by atoms with van der Waals surface area (Å²) in [5, 5.41) is 0. The molecule has 0 aliphatic carbocycles. The Bertz CT molecular complexity index is 456. The average Bonchev–Trinajstić information content (AvgIpc) is 2.40. The third kappa shape index (κ3) is 3.68. The molecule has 0 radical (unpaired) electrons. The van der Waals surface area contributed by atoms with Gasteiger partial charge in [0.25, 0.3) is 0 Å². The van der Waals surface area contributed by atoms with Crippen LogP contribution in [0.2, 0.25) is 0 Å². The molecule has 2 N–H and O–H groups in total. The first kappa shape index (κ1) is 14.8. The van der Waals surface area contributed by atoms with Crippen LogP contribution in [0.5, 0.6) is 0 Å². The lowest BCUT2D eigenvalue weighted by molar-refractivity contribution is 0.258. The predicted molar refractivity (Wildman–Crippen MR) is 89.0 cm³/mol. The van der Waals surface area contributed by atoms with Gasteiger partial charge in [0.1, 0.15) is 4.99 Å². The number of nitrogens with two attached hydrogens (primary N) is 1. The van der Waals surface area contributed by atoms with E-state index in [1.807, 2.05) is 12.1 Å². The van der Waals surface area contributed by atoms with E-state index < -0.39 is 0 Å². The van der Waals surface area contributed by atoms with Gasteiger partial charge in [0.15, 0.2) is 0 Å².